The molecular formula is C23H15Cl4N3O2S. The minimum Gasteiger partial charge on any atom is -0.318 e. The van der Waals surface area contributed by atoms with Crippen LogP contribution in [-0.2, 0) is 9.59 Å². The Balaban J connectivity index is 1.79. The summed E-state index contributed by atoms with van der Waals surface area (Å²) in [5.41, 5.74) is 3.37. The van der Waals surface area contributed by atoms with Gasteiger partial charge in [-0.15, -0.1) is 0 Å². The zero-order valence-corrected chi connectivity index (χ0v) is 21.1. The van der Waals surface area contributed by atoms with Crippen molar-refractivity contribution in [2.24, 2.45) is 0 Å². The maximum absolute atomic E-state index is 13.3. The van der Waals surface area contributed by atoms with Crippen LogP contribution in [0, 0.1) is 13.8 Å². The van der Waals surface area contributed by atoms with Crippen LogP contribution in [0.3, 0.4) is 0 Å². The third-order valence-corrected chi connectivity index (χ3v) is 7.04. The number of hydrogen-bond acceptors (Lipinski definition) is 3. The first-order valence-electron chi connectivity index (χ1n) is 9.60. The van der Waals surface area contributed by atoms with E-state index in [9.17, 15) is 9.59 Å². The van der Waals surface area contributed by atoms with Gasteiger partial charge in [0.25, 0.3) is 11.8 Å². The van der Waals surface area contributed by atoms with Crippen molar-refractivity contribution in [3.63, 3.8) is 0 Å². The molecule has 0 unspecified atom stereocenters. The number of nitrogens with one attached hydrogen (secondary N) is 1. The van der Waals surface area contributed by atoms with Gasteiger partial charge in [0.1, 0.15) is 5.57 Å². The lowest BCUT2D eigenvalue weighted by molar-refractivity contribution is -0.122. The van der Waals surface area contributed by atoms with E-state index in [1.807, 2.05) is 30.5 Å². The van der Waals surface area contributed by atoms with Gasteiger partial charge in [0.15, 0.2) is 5.11 Å². The van der Waals surface area contributed by atoms with Crippen LogP contribution in [0.4, 0.5) is 5.69 Å². The number of aromatic nitrogens is 1. The molecule has 3 aromatic rings. The maximum atomic E-state index is 13.3. The van der Waals surface area contributed by atoms with Gasteiger partial charge in [0.05, 0.1) is 25.8 Å². The van der Waals surface area contributed by atoms with Crippen molar-refractivity contribution in [2.75, 3.05) is 4.90 Å². The number of halogens is 4. The number of carbonyl (C=O) groups is 2. The SMILES string of the molecule is Cc1cc(/C=C2/C(=O)NC(=S)N(c3cccc(Cl)c3Cl)C2=O)c(C)n1-c1ccc(Cl)c(Cl)c1. The average molecular weight is 539 g/mol. The zero-order chi connectivity index (χ0) is 24.0. The van der Waals surface area contributed by atoms with E-state index in [0.717, 1.165) is 22.0 Å². The second-order valence-electron chi connectivity index (χ2n) is 7.29. The molecule has 2 amide bonds. The summed E-state index contributed by atoms with van der Waals surface area (Å²) in [7, 11) is 0. The lowest BCUT2D eigenvalue weighted by Gasteiger charge is -2.29. The highest BCUT2D eigenvalue weighted by Crippen LogP contribution is 2.35. The van der Waals surface area contributed by atoms with Crippen molar-refractivity contribution in [3.05, 3.63) is 85.1 Å². The van der Waals surface area contributed by atoms with Crippen LogP contribution >= 0.6 is 58.6 Å². The van der Waals surface area contributed by atoms with Crippen LogP contribution < -0.4 is 10.2 Å². The summed E-state index contributed by atoms with van der Waals surface area (Å²) in [5, 5.41) is 3.76. The fourth-order valence-electron chi connectivity index (χ4n) is 3.65. The van der Waals surface area contributed by atoms with Crippen molar-refractivity contribution in [2.45, 2.75) is 13.8 Å². The second kappa shape index (κ2) is 9.12. The summed E-state index contributed by atoms with van der Waals surface area (Å²) < 4.78 is 1.95. The summed E-state index contributed by atoms with van der Waals surface area (Å²) >= 11 is 29.9. The summed E-state index contributed by atoms with van der Waals surface area (Å²) in [6.07, 6.45) is 1.53. The number of nitrogens with zero attached hydrogens (tertiary/aromatic N) is 2. The van der Waals surface area contributed by atoms with E-state index in [2.05, 4.69) is 5.32 Å². The Labute approximate surface area is 215 Å². The summed E-state index contributed by atoms with van der Waals surface area (Å²) in [4.78, 5) is 27.2. The molecule has 4 rings (SSSR count). The first-order chi connectivity index (χ1) is 15.6. The van der Waals surface area contributed by atoms with Crippen LogP contribution in [0.1, 0.15) is 17.0 Å². The van der Waals surface area contributed by atoms with Gasteiger partial charge in [0, 0.05) is 17.1 Å². The van der Waals surface area contributed by atoms with Crippen LogP contribution in [-0.4, -0.2) is 21.5 Å². The molecule has 1 aromatic heterocycles. The molecule has 10 heteroatoms. The van der Waals surface area contributed by atoms with Crippen molar-refractivity contribution in [1.82, 2.24) is 9.88 Å². The summed E-state index contributed by atoms with van der Waals surface area (Å²) in [6.45, 7) is 3.79. The van der Waals surface area contributed by atoms with Gasteiger partial charge in [0.2, 0.25) is 0 Å². The Kier molecular flexibility index (Phi) is 6.58. The fraction of sp³-hybridized carbons (Fsp3) is 0.0870. The highest BCUT2D eigenvalue weighted by atomic mass is 35.5. The van der Waals surface area contributed by atoms with Crippen molar-refractivity contribution >= 4 is 87.3 Å². The number of benzene rings is 2. The third-order valence-electron chi connectivity index (χ3n) is 5.21. The number of rotatable bonds is 3. The Hall–Kier alpha value is -2.35. The third kappa shape index (κ3) is 4.29. The van der Waals surface area contributed by atoms with Crippen LogP contribution in [0.2, 0.25) is 20.1 Å². The van der Waals surface area contributed by atoms with E-state index in [1.165, 1.54) is 6.08 Å². The molecule has 0 saturated carbocycles. The molecule has 0 radical (unpaired) electrons. The lowest BCUT2D eigenvalue weighted by atomic mass is 10.1. The molecule has 5 nitrogen and oxygen atoms in total. The Bertz CT molecular complexity index is 1380. The van der Waals surface area contributed by atoms with Gasteiger partial charge >= 0.3 is 0 Å². The van der Waals surface area contributed by atoms with Crippen molar-refractivity contribution in [1.29, 1.82) is 0 Å². The van der Waals surface area contributed by atoms with E-state index in [1.54, 1.807) is 30.3 Å². The van der Waals surface area contributed by atoms with Crippen LogP contribution in [0.15, 0.2) is 48.0 Å². The largest absolute Gasteiger partial charge is 0.318 e. The van der Waals surface area contributed by atoms with E-state index in [-0.39, 0.29) is 26.4 Å². The molecule has 0 bridgehead atoms. The van der Waals surface area contributed by atoms with Gasteiger partial charge < -0.3 is 4.57 Å². The van der Waals surface area contributed by atoms with E-state index < -0.39 is 11.8 Å². The minimum atomic E-state index is -0.604. The minimum absolute atomic E-state index is 0.0763. The number of hydrogen-bond donors (Lipinski definition) is 1. The van der Waals surface area contributed by atoms with Crippen LogP contribution in [0.25, 0.3) is 11.8 Å². The molecule has 168 valence electrons. The highest BCUT2D eigenvalue weighted by molar-refractivity contribution is 7.80. The molecule has 33 heavy (non-hydrogen) atoms. The first-order valence-corrected chi connectivity index (χ1v) is 11.5. The van der Waals surface area contributed by atoms with E-state index >= 15 is 0 Å². The standard InChI is InChI=1S/C23H15Cl4N3O2S/c1-11-8-13(12(2)29(11)14-6-7-16(24)18(26)10-14)9-15-21(31)28-23(33)30(22(15)32)19-5-3-4-17(25)20(19)27/h3-10H,1-2H3,(H,28,31,33)/b15-9-. The molecule has 1 N–H and O–H groups in total. The number of anilines is 1. The molecule has 1 fully saturated rings. The van der Waals surface area contributed by atoms with Gasteiger partial charge in [-0.1, -0.05) is 52.5 Å². The summed E-state index contributed by atoms with van der Waals surface area (Å²) in [5.74, 6) is -1.20. The molecule has 1 aliphatic heterocycles. The number of amides is 2. The Morgan fingerprint density at radius 3 is 2.36 bits per heavy atom. The smallest absolute Gasteiger partial charge is 0.270 e. The van der Waals surface area contributed by atoms with Gasteiger partial charge in [-0.2, -0.15) is 0 Å². The summed E-state index contributed by atoms with van der Waals surface area (Å²) in [6, 6.07) is 12.0. The van der Waals surface area contributed by atoms with Gasteiger partial charge in [-0.25, -0.2) is 0 Å². The van der Waals surface area contributed by atoms with Crippen LogP contribution in [0.5, 0.6) is 0 Å². The first kappa shape index (κ1) is 23.8. The normalized spacial score (nSPS) is 15.4. The zero-order valence-electron chi connectivity index (χ0n) is 17.2. The molecule has 2 aromatic carbocycles. The molecule has 0 aliphatic carbocycles. The highest BCUT2D eigenvalue weighted by Gasteiger charge is 2.36. The number of aryl methyl sites for hydroxylation is 1. The fourth-order valence-corrected chi connectivity index (χ4v) is 4.60. The van der Waals surface area contributed by atoms with E-state index in [4.69, 9.17) is 58.6 Å². The molecule has 1 saturated heterocycles. The van der Waals surface area contributed by atoms with Crippen molar-refractivity contribution < 1.29 is 9.59 Å². The van der Waals surface area contributed by atoms with Gasteiger partial charge in [-0.3, -0.25) is 19.8 Å². The Morgan fingerprint density at radius 2 is 1.67 bits per heavy atom. The van der Waals surface area contributed by atoms with E-state index in [0.29, 0.717) is 15.6 Å². The quantitative estimate of drug-likeness (QED) is 0.234. The predicted molar refractivity (Wildman–Crippen MR) is 138 cm³/mol. The lowest BCUT2D eigenvalue weighted by Crippen LogP contribution is -2.54. The monoisotopic (exact) mass is 537 g/mol. The van der Waals surface area contributed by atoms with Gasteiger partial charge in [-0.05, 0) is 74.1 Å². The number of carbonyl (C=O) groups excluding carboxylic acids is 2. The Morgan fingerprint density at radius 1 is 0.939 bits per heavy atom. The maximum Gasteiger partial charge on any atom is 0.270 e. The average Bonchev–Trinajstić information content (AvgIpc) is 3.03. The van der Waals surface area contributed by atoms with Crippen molar-refractivity contribution in [3.8, 4) is 5.69 Å². The molecular weight excluding hydrogens is 524 g/mol. The predicted octanol–water partition coefficient (Wildman–Crippen LogP) is 6.54. The molecule has 0 atom stereocenters. The number of thiocarbonyl (C=S) groups is 1. The molecule has 0 spiro atoms. The topological polar surface area (TPSA) is 54.3 Å². The molecule has 2 heterocycles. The second-order valence-corrected chi connectivity index (χ2v) is 9.28. The molecule has 1 aliphatic rings.